The first kappa shape index (κ1) is 34.3. The second kappa shape index (κ2) is 15.8. The van der Waals surface area contributed by atoms with Crippen LogP contribution in [-0.2, 0) is 12.8 Å². The summed E-state index contributed by atoms with van der Waals surface area (Å²) in [6.45, 7) is 8.52. The van der Waals surface area contributed by atoms with Gasteiger partial charge in [0.25, 0.3) is 0 Å². The third-order valence-electron chi connectivity index (χ3n) is 9.66. The molecule has 0 aliphatic rings. The van der Waals surface area contributed by atoms with Gasteiger partial charge in [-0.25, -0.2) is 0 Å². The number of aryl methyl sites for hydroxylation is 6. The van der Waals surface area contributed by atoms with Crippen molar-refractivity contribution in [1.29, 1.82) is 0 Å². The van der Waals surface area contributed by atoms with E-state index in [1.165, 1.54) is 44.5 Å². The van der Waals surface area contributed by atoms with Crippen molar-refractivity contribution in [1.82, 2.24) is 0 Å². The number of hydrogen-bond donors (Lipinski definition) is 0. The molecule has 0 aliphatic heterocycles. The third kappa shape index (κ3) is 8.42. The fourth-order valence-corrected chi connectivity index (χ4v) is 6.49. The molecule has 2 heteroatoms. The molecule has 0 saturated heterocycles. The molecule has 7 aromatic rings. The Morgan fingerprint density at radius 3 is 0.788 bits per heavy atom. The molecule has 0 atom stereocenters. The van der Waals surface area contributed by atoms with Gasteiger partial charge in [0.2, 0.25) is 0 Å². The molecule has 52 heavy (non-hydrogen) atoms. The van der Waals surface area contributed by atoms with E-state index in [1.54, 1.807) is 0 Å². The van der Waals surface area contributed by atoms with Gasteiger partial charge in [0, 0.05) is 34.1 Å². The number of hydrogen-bond acceptors (Lipinski definition) is 2. The zero-order chi connectivity index (χ0) is 35.9. The minimum absolute atomic E-state index is 0.999. The van der Waals surface area contributed by atoms with Crippen LogP contribution in [0.1, 0.15) is 44.5 Å². The van der Waals surface area contributed by atoms with Crippen LogP contribution in [0.2, 0.25) is 0 Å². The molecule has 0 aromatic heterocycles. The fraction of sp³-hybridized carbons (Fsp3) is 0.120. The Kier molecular flexibility index (Phi) is 10.5. The summed E-state index contributed by atoms with van der Waals surface area (Å²) < 4.78 is 0. The van der Waals surface area contributed by atoms with Crippen molar-refractivity contribution in [3.05, 3.63) is 214 Å². The van der Waals surface area contributed by atoms with Crippen LogP contribution >= 0.6 is 0 Å². The summed E-state index contributed by atoms with van der Waals surface area (Å²) in [5, 5.41) is 0. The summed E-state index contributed by atoms with van der Waals surface area (Å²) in [4.78, 5) is 4.64. The number of benzene rings is 7. The van der Waals surface area contributed by atoms with Crippen LogP contribution < -0.4 is 9.80 Å². The number of nitrogens with zero attached hydrogens (tertiary/aromatic N) is 2. The summed E-state index contributed by atoms with van der Waals surface area (Å²) in [5.41, 5.74) is 17.0. The maximum absolute atomic E-state index is 2.33. The molecular formula is C50H46N2. The van der Waals surface area contributed by atoms with E-state index in [2.05, 4.69) is 220 Å². The molecule has 7 rings (SSSR count). The maximum Gasteiger partial charge on any atom is 0.0462 e. The Hall–Kier alpha value is -6.12. The first-order chi connectivity index (χ1) is 25.4. The molecule has 0 N–H and O–H groups in total. The molecular weight excluding hydrogens is 629 g/mol. The lowest BCUT2D eigenvalue weighted by molar-refractivity contribution is 0.960. The van der Waals surface area contributed by atoms with Crippen LogP contribution in [0.4, 0.5) is 34.1 Å². The molecule has 256 valence electrons. The number of rotatable bonds is 11. The second-order valence-electron chi connectivity index (χ2n) is 13.8. The maximum atomic E-state index is 2.33. The van der Waals surface area contributed by atoms with E-state index in [4.69, 9.17) is 0 Å². The van der Waals surface area contributed by atoms with E-state index in [-0.39, 0.29) is 0 Å². The third-order valence-corrected chi connectivity index (χ3v) is 9.66. The second-order valence-corrected chi connectivity index (χ2v) is 13.8. The zero-order valence-electron chi connectivity index (χ0n) is 30.6. The summed E-state index contributed by atoms with van der Waals surface area (Å²) in [6, 6.07) is 61.8. The van der Waals surface area contributed by atoms with Crippen LogP contribution in [0.25, 0.3) is 12.2 Å². The van der Waals surface area contributed by atoms with Gasteiger partial charge in [-0.05, 0) is 136 Å². The van der Waals surface area contributed by atoms with Gasteiger partial charge in [0.15, 0.2) is 0 Å². The normalized spacial score (nSPS) is 11.2. The van der Waals surface area contributed by atoms with Crippen molar-refractivity contribution < 1.29 is 0 Å². The predicted octanol–water partition coefficient (Wildman–Crippen LogP) is 13.8. The minimum atomic E-state index is 0.999. The Morgan fingerprint density at radius 2 is 0.500 bits per heavy atom. The van der Waals surface area contributed by atoms with Gasteiger partial charge >= 0.3 is 0 Å². The van der Waals surface area contributed by atoms with E-state index < -0.39 is 0 Å². The fourth-order valence-electron chi connectivity index (χ4n) is 6.49. The van der Waals surface area contributed by atoms with E-state index >= 15 is 0 Å². The molecule has 0 spiro atoms. The smallest absolute Gasteiger partial charge is 0.0462 e. The highest BCUT2D eigenvalue weighted by molar-refractivity contribution is 5.79. The topological polar surface area (TPSA) is 6.48 Å². The summed E-state index contributed by atoms with van der Waals surface area (Å²) in [6.07, 6.45) is 6.39. The first-order valence-corrected chi connectivity index (χ1v) is 18.2. The highest BCUT2D eigenvalue weighted by Crippen LogP contribution is 2.36. The zero-order valence-corrected chi connectivity index (χ0v) is 30.6. The first-order valence-electron chi connectivity index (χ1n) is 18.2. The van der Waals surface area contributed by atoms with Crippen molar-refractivity contribution in [2.45, 2.75) is 40.5 Å². The molecule has 0 amide bonds. The number of anilines is 6. The van der Waals surface area contributed by atoms with Crippen LogP contribution in [0, 0.1) is 27.7 Å². The standard InChI is InChI=1S/C50H46N2/c1-37-5-25-45(26-6-37)51(46-27-7-38(2)8-28-46)49-33-21-43(22-34-49)19-17-41-13-15-42(16-14-41)18-20-44-23-35-50(36-24-44)52(47-29-9-39(3)10-30-47)48-31-11-40(4)12-32-48/h5-17,19,21-36H,18,20H2,1-4H3/b19-17+. The molecule has 0 radical (unpaired) electrons. The summed E-state index contributed by atoms with van der Waals surface area (Å²) in [7, 11) is 0. The summed E-state index contributed by atoms with van der Waals surface area (Å²) in [5.74, 6) is 0. The van der Waals surface area contributed by atoms with Gasteiger partial charge in [-0.1, -0.05) is 131 Å². The van der Waals surface area contributed by atoms with Gasteiger partial charge in [-0.15, -0.1) is 0 Å². The molecule has 0 aliphatic carbocycles. The predicted molar refractivity (Wildman–Crippen MR) is 224 cm³/mol. The molecule has 2 nitrogen and oxygen atoms in total. The van der Waals surface area contributed by atoms with Crippen LogP contribution in [0.15, 0.2) is 170 Å². The van der Waals surface area contributed by atoms with Gasteiger partial charge in [0.05, 0.1) is 0 Å². The van der Waals surface area contributed by atoms with Gasteiger partial charge < -0.3 is 9.80 Å². The van der Waals surface area contributed by atoms with Crippen LogP contribution in [0.3, 0.4) is 0 Å². The minimum Gasteiger partial charge on any atom is -0.311 e. The SMILES string of the molecule is Cc1ccc(N(c2ccc(C)cc2)c2ccc(/C=C/c3ccc(CCc4ccc(N(c5ccc(C)cc5)c5ccc(C)cc5)cc4)cc3)cc2)cc1. The largest absolute Gasteiger partial charge is 0.311 e. The van der Waals surface area contributed by atoms with Crippen LogP contribution in [-0.4, -0.2) is 0 Å². The average Bonchev–Trinajstić information content (AvgIpc) is 3.18. The molecule has 0 fully saturated rings. The molecule has 0 saturated carbocycles. The highest BCUT2D eigenvalue weighted by atomic mass is 15.1. The van der Waals surface area contributed by atoms with Crippen LogP contribution in [0.5, 0.6) is 0 Å². The van der Waals surface area contributed by atoms with Crippen molar-refractivity contribution in [2.24, 2.45) is 0 Å². The molecule has 0 heterocycles. The molecule has 0 bridgehead atoms. The monoisotopic (exact) mass is 674 g/mol. The van der Waals surface area contributed by atoms with Crippen molar-refractivity contribution >= 4 is 46.3 Å². The quantitative estimate of drug-likeness (QED) is 0.126. The highest BCUT2D eigenvalue weighted by Gasteiger charge is 2.14. The van der Waals surface area contributed by atoms with E-state index in [1.807, 2.05) is 0 Å². The van der Waals surface area contributed by atoms with Crippen molar-refractivity contribution in [2.75, 3.05) is 9.80 Å². The Labute approximate surface area is 310 Å². The van der Waals surface area contributed by atoms with Gasteiger partial charge in [0.1, 0.15) is 0 Å². The van der Waals surface area contributed by atoms with Crippen molar-refractivity contribution in [3.8, 4) is 0 Å². The lowest BCUT2D eigenvalue weighted by Gasteiger charge is -2.26. The van der Waals surface area contributed by atoms with Gasteiger partial charge in [-0.2, -0.15) is 0 Å². The van der Waals surface area contributed by atoms with E-state index in [0.717, 1.165) is 47.0 Å². The lowest BCUT2D eigenvalue weighted by Crippen LogP contribution is -2.10. The molecule has 7 aromatic carbocycles. The van der Waals surface area contributed by atoms with Gasteiger partial charge in [-0.3, -0.25) is 0 Å². The Bertz CT molecular complexity index is 2120. The Balaban J connectivity index is 0.989. The van der Waals surface area contributed by atoms with E-state index in [9.17, 15) is 0 Å². The summed E-state index contributed by atoms with van der Waals surface area (Å²) >= 11 is 0. The lowest BCUT2D eigenvalue weighted by atomic mass is 10.0. The van der Waals surface area contributed by atoms with E-state index in [0.29, 0.717) is 0 Å². The van der Waals surface area contributed by atoms with Crippen molar-refractivity contribution in [3.63, 3.8) is 0 Å². The average molecular weight is 675 g/mol. The molecule has 0 unspecified atom stereocenters. The Morgan fingerprint density at radius 1 is 0.288 bits per heavy atom.